The van der Waals surface area contributed by atoms with E-state index in [4.69, 9.17) is 0 Å². The number of hydrogen-bond acceptors (Lipinski definition) is 5. The maximum atomic E-state index is 13.1. The summed E-state index contributed by atoms with van der Waals surface area (Å²) in [6, 6.07) is 15.3. The minimum absolute atomic E-state index is 0.0157. The average molecular weight is 423 g/mol. The Morgan fingerprint density at radius 3 is 2.29 bits per heavy atom. The molecule has 2 heterocycles. The van der Waals surface area contributed by atoms with E-state index in [0.29, 0.717) is 18.8 Å². The number of rotatable bonds is 5. The van der Waals surface area contributed by atoms with Crippen molar-refractivity contribution in [2.45, 2.75) is 26.3 Å². The van der Waals surface area contributed by atoms with Crippen LogP contribution in [0.25, 0.3) is 0 Å². The first-order valence-corrected chi connectivity index (χ1v) is 11.1. The zero-order chi connectivity index (χ0) is 21.8. The Bertz CT molecular complexity index is 932. The van der Waals surface area contributed by atoms with Crippen molar-refractivity contribution >= 4 is 17.3 Å². The number of piperazine rings is 1. The zero-order valence-corrected chi connectivity index (χ0v) is 18.1. The molecule has 0 atom stereocenters. The third-order valence-corrected chi connectivity index (χ3v) is 6.60. The molecule has 7 heteroatoms. The second kappa shape index (κ2) is 9.47. The molecule has 0 saturated carbocycles. The minimum Gasteiger partial charge on any atom is -0.366 e. The Kier molecular flexibility index (Phi) is 6.51. The van der Waals surface area contributed by atoms with Crippen LogP contribution >= 0.6 is 0 Å². The van der Waals surface area contributed by atoms with E-state index in [0.717, 1.165) is 45.6 Å². The summed E-state index contributed by atoms with van der Waals surface area (Å²) in [6.45, 7) is 7.77. The molecule has 2 aliphatic rings. The third kappa shape index (κ3) is 4.88. The highest BCUT2D eigenvalue weighted by Gasteiger charge is 2.32. The first-order chi connectivity index (χ1) is 15.0. The van der Waals surface area contributed by atoms with Gasteiger partial charge in [0.15, 0.2) is 0 Å². The van der Waals surface area contributed by atoms with Gasteiger partial charge in [0, 0.05) is 57.8 Å². The maximum Gasteiger partial charge on any atom is 0.292 e. The van der Waals surface area contributed by atoms with Crippen LogP contribution in [0.3, 0.4) is 0 Å². The molecule has 0 N–H and O–H groups in total. The average Bonchev–Trinajstić information content (AvgIpc) is 2.81. The quantitative estimate of drug-likeness (QED) is 0.545. The summed E-state index contributed by atoms with van der Waals surface area (Å²) < 4.78 is 0. The molecular formula is C24H30N4O3. The highest BCUT2D eigenvalue weighted by molar-refractivity contribution is 5.79. The highest BCUT2D eigenvalue weighted by atomic mass is 16.6. The first-order valence-electron chi connectivity index (χ1n) is 11.1. The van der Waals surface area contributed by atoms with E-state index in [2.05, 4.69) is 36.1 Å². The Morgan fingerprint density at radius 2 is 1.61 bits per heavy atom. The molecule has 0 unspecified atom stereocenters. The molecule has 4 rings (SSSR count). The predicted molar refractivity (Wildman–Crippen MR) is 121 cm³/mol. The Labute approximate surface area is 183 Å². The van der Waals surface area contributed by atoms with Gasteiger partial charge in [-0.1, -0.05) is 36.4 Å². The normalized spacial score (nSPS) is 18.2. The number of nitro benzene ring substituents is 1. The summed E-state index contributed by atoms with van der Waals surface area (Å²) in [4.78, 5) is 30.5. The predicted octanol–water partition coefficient (Wildman–Crippen LogP) is 3.46. The van der Waals surface area contributed by atoms with Crippen molar-refractivity contribution in [3.63, 3.8) is 0 Å². The van der Waals surface area contributed by atoms with Crippen LogP contribution in [0.15, 0.2) is 48.5 Å². The largest absolute Gasteiger partial charge is 0.366 e. The van der Waals surface area contributed by atoms with Crippen molar-refractivity contribution < 1.29 is 9.72 Å². The summed E-state index contributed by atoms with van der Waals surface area (Å²) in [5.41, 5.74) is 3.45. The fraction of sp³-hybridized carbons (Fsp3) is 0.458. The van der Waals surface area contributed by atoms with Gasteiger partial charge >= 0.3 is 0 Å². The van der Waals surface area contributed by atoms with Gasteiger partial charge in [0.05, 0.1) is 4.92 Å². The van der Waals surface area contributed by atoms with Crippen LogP contribution in [0.2, 0.25) is 0 Å². The summed E-state index contributed by atoms with van der Waals surface area (Å²) in [6.07, 6.45) is 1.49. The van der Waals surface area contributed by atoms with Crippen LogP contribution in [0, 0.1) is 23.0 Å². The van der Waals surface area contributed by atoms with Crippen LogP contribution in [0.5, 0.6) is 0 Å². The number of amides is 1. The topological polar surface area (TPSA) is 69.9 Å². The van der Waals surface area contributed by atoms with Crippen molar-refractivity contribution in [1.29, 1.82) is 0 Å². The summed E-state index contributed by atoms with van der Waals surface area (Å²) in [5, 5.41) is 11.3. The summed E-state index contributed by atoms with van der Waals surface area (Å²) >= 11 is 0. The number of aryl methyl sites for hydroxylation is 1. The molecule has 1 amide bonds. The molecule has 7 nitrogen and oxygen atoms in total. The lowest BCUT2D eigenvalue weighted by Gasteiger charge is -2.39. The second-order valence-electron chi connectivity index (χ2n) is 8.54. The Morgan fingerprint density at radius 1 is 0.968 bits per heavy atom. The van der Waals surface area contributed by atoms with Gasteiger partial charge in [0.25, 0.3) is 5.69 Å². The van der Waals surface area contributed by atoms with Crippen molar-refractivity contribution in [3.05, 3.63) is 69.8 Å². The van der Waals surface area contributed by atoms with Crippen molar-refractivity contribution in [3.8, 4) is 0 Å². The Balaban J connectivity index is 1.28. The lowest BCUT2D eigenvalue weighted by molar-refractivity contribution is -0.384. The molecule has 0 spiro atoms. The highest BCUT2D eigenvalue weighted by Crippen LogP contribution is 2.31. The molecule has 2 aliphatic heterocycles. The zero-order valence-electron chi connectivity index (χ0n) is 18.1. The Hall–Kier alpha value is -2.93. The molecule has 0 aromatic heterocycles. The second-order valence-corrected chi connectivity index (χ2v) is 8.54. The van der Waals surface area contributed by atoms with Gasteiger partial charge in [-0.25, -0.2) is 0 Å². The number of para-hydroxylation sites is 2. The van der Waals surface area contributed by atoms with Gasteiger partial charge < -0.3 is 9.80 Å². The number of nitrogens with zero attached hydrogens (tertiary/aromatic N) is 4. The van der Waals surface area contributed by atoms with E-state index < -0.39 is 0 Å². The summed E-state index contributed by atoms with van der Waals surface area (Å²) in [5.74, 6) is 0.264. The van der Waals surface area contributed by atoms with Crippen LogP contribution in [0.4, 0.5) is 11.4 Å². The van der Waals surface area contributed by atoms with Crippen LogP contribution < -0.4 is 4.90 Å². The van der Waals surface area contributed by atoms with E-state index in [-0.39, 0.29) is 22.4 Å². The number of benzene rings is 2. The maximum absolute atomic E-state index is 13.1. The fourth-order valence-corrected chi connectivity index (χ4v) is 4.67. The van der Waals surface area contributed by atoms with Gasteiger partial charge in [-0.2, -0.15) is 0 Å². The lowest BCUT2D eigenvalue weighted by Crippen LogP contribution is -2.51. The molecule has 2 saturated heterocycles. The van der Waals surface area contributed by atoms with Gasteiger partial charge in [0.2, 0.25) is 5.91 Å². The number of nitro groups is 1. The van der Waals surface area contributed by atoms with E-state index in [1.807, 2.05) is 15.9 Å². The van der Waals surface area contributed by atoms with Gasteiger partial charge in [-0.3, -0.25) is 19.8 Å². The molecule has 0 aliphatic carbocycles. The SMILES string of the molecule is Cc1ccccc1CN1CCN(C(=O)C2CCN(c3ccccc3[N+](=O)[O-])CC2)CC1. The molecular weight excluding hydrogens is 392 g/mol. The number of anilines is 1. The van der Waals surface area contributed by atoms with Crippen molar-refractivity contribution in [2.75, 3.05) is 44.2 Å². The molecule has 164 valence electrons. The lowest BCUT2D eigenvalue weighted by atomic mass is 9.94. The third-order valence-electron chi connectivity index (χ3n) is 6.60. The molecule has 2 aromatic rings. The monoisotopic (exact) mass is 422 g/mol. The number of piperidine rings is 1. The summed E-state index contributed by atoms with van der Waals surface area (Å²) in [7, 11) is 0. The molecule has 0 radical (unpaired) electrons. The standard InChI is InChI=1S/C24H30N4O3/c1-19-6-2-3-7-21(19)18-25-14-16-27(17-15-25)24(29)20-10-12-26(13-11-20)22-8-4-5-9-23(22)28(30)31/h2-9,20H,10-18H2,1H3. The first kappa shape index (κ1) is 21.3. The number of hydrogen-bond donors (Lipinski definition) is 0. The number of carbonyl (C=O) groups excluding carboxylic acids is 1. The molecule has 2 fully saturated rings. The van der Waals surface area contributed by atoms with E-state index in [1.54, 1.807) is 18.2 Å². The number of carbonyl (C=O) groups is 1. The smallest absolute Gasteiger partial charge is 0.292 e. The van der Waals surface area contributed by atoms with E-state index >= 15 is 0 Å². The van der Waals surface area contributed by atoms with Gasteiger partial charge in [0.1, 0.15) is 5.69 Å². The van der Waals surface area contributed by atoms with Crippen LogP contribution in [0.1, 0.15) is 24.0 Å². The van der Waals surface area contributed by atoms with E-state index in [1.165, 1.54) is 11.1 Å². The van der Waals surface area contributed by atoms with Gasteiger partial charge in [-0.15, -0.1) is 0 Å². The van der Waals surface area contributed by atoms with Crippen molar-refractivity contribution in [2.24, 2.45) is 5.92 Å². The van der Waals surface area contributed by atoms with Crippen LogP contribution in [-0.4, -0.2) is 59.9 Å². The molecule has 0 bridgehead atoms. The van der Waals surface area contributed by atoms with E-state index in [9.17, 15) is 14.9 Å². The van der Waals surface area contributed by atoms with Crippen LogP contribution in [-0.2, 0) is 11.3 Å². The minimum atomic E-state index is -0.330. The van der Waals surface area contributed by atoms with Gasteiger partial charge in [-0.05, 0) is 37.0 Å². The van der Waals surface area contributed by atoms with Crippen molar-refractivity contribution in [1.82, 2.24) is 9.80 Å². The molecule has 31 heavy (non-hydrogen) atoms. The fourth-order valence-electron chi connectivity index (χ4n) is 4.67. The molecule has 2 aromatic carbocycles.